The minimum Gasteiger partial charge on any atom is -0.449 e. The maximum absolute atomic E-state index is 12.4. The predicted octanol–water partition coefficient (Wildman–Crippen LogP) is 4.00. The van der Waals surface area contributed by atoms with Gasteiger partial charge in [-0.15, -0.1) is 11.3 Å². The van der Waals surface area contributed by atoms with Crippen molar-refractivity contribution >= 4 is 34.4 Å². The maximum atomic E-state index is 12.4. The van der Waals surface area contributed by atoms with Crippen molar-refractivity contribution in [3.8, 4) is 6.07 Å². The molecule has 31 heavy (non-hydrogen) atoms. The van der Waals surface area contributed by atoms with Crippen LogP contribution in [-0.4, -0.2) is 41.6 Å². The van der Waals surface area contributed by atoms with Crippen LogP contribution < -0.4 is 5.32 Å². The first-order valence-electron chi connectivity index (χ1n) is 10.5. The smallest absolute Gasteiger partial charge is 0.409 e. The number of aromatic nitrogens is 1. The Morgan fingerprint density at radius 1 is 1.39 bits per heavy atom. The molecule has 1 N–H and O–H groups in total. The summed E-state index contributed by atoms with van der Waals surface area (Å²) in [5.41, 5.74) is 2.40. The first-order chi connectivity index (χ1) is 15.1. The van der Waals surface area contributed by atoms with Crippen LogP contribution in [-0.2, 0) is 22.4 Å². The van der Waals surface area contributed by atoms with Crippen LogP contribution in [0.25, 0.3) is 6.08 Å². The molecule has 1 aliphatic heterocycles. The Morgan fingerprint density at radius 3 is 2.97 bits per heavy atom. The third-order valence-corrected chi connectivity index (χ3v) is 6.80. The number of rotatable bonds is 5. The van der Waals surface area contributed by atoms with Crippen LogP contribution in [0.1, 0.15) is 40.8 Å². The van der Waals surface area contributed by atoms with Gasteiger partial charge in [-0.05, 0) is 61.3 Å². The molecule has 2 amide bonds. The second-order valence-corrected chi connectivity index (χ2v) is 8.91. The number of hydrogen-bond donors (Lipinski definition) is 1. The molecule has 160 valence electrons. The molecule has 1 atom stereocenters. The van der Waals surface area contributed by atoms with Crippen molar-refractivity contribution in [3.63, 3.8) is 0 Å². The highest BCUT2D eigenvalue weighted by Gasteiger charge is 2.28. The van der Waals surface area contributed by atoms with E-state index in [0.29, 0.717) is 17.2 Å². The predicted molar refractivity (Wildman–Crippen MR) is 119 cm³/mol. The maximum Gasteiger partial charge on any atom is 0.409 e. The van der Waals surface area contributed by atoms with Crippen LogP contribution in [0.15, 0.2) is 30.6 Å². The van der Waals surface area contributed by atoms with Gasteiger partial charge in [0.15, 0.2) is 0 Å². The van der Waals surface area contributed by atoms with Gasteiger partial charge in [0.05, 0.1) is 12.2 Å². The fraction of sp³-hybridized carbons (Fsp3) is 0.391. The third-order valence-electron chi connectivity index (χ3n) is 5.63. The van der Waals surface area contributed by atoms with E-state index in [0.717, 1.165) is 61.2 Å². The molecule has 1 aliphatic carbocycles. The summed E-state index contributed by atoms with van der Waals surface area (Å²) in [6.45, 7) is 1.95. The molecule has 2 aromatic rings. The molecule has 3 heterocycles. The second kappa shape index (κ2) is 9.75. The molecular formula is C23H24N4O3S. The van der Waals surface area contributed by atoms with Crippen molar-refractivity contribution in [2.75, 3.05) is 25.0 Å². The molecule has 1 saturated heterocycles. The minimum atomic E-state index is -0.282. The number of anilines is 1. The number of nitrogens with zero attached hydrogens (tertiary/aromatic N) is 3. The molecule has 8 heteroatoms. The molecule has 0 aromatic carbocycles. The zero-order valence-corrected chi connectivity index (χ0v) is 18.0. The van der Waals surface area contributed by atoms with Gasteiger partial charge < -0.3 is 15.0 Å². The lowest BCUT2D eigenvalue weighted by Gasteiger charge is -2.23. The number of carbonyl (C=O) groups excluding carboxylic acids is 2. The Morgan fingerprint density at radius 2 is 2.23 bits per heavy atom. The fourth-order valence-corrected chi connectivity index (χ4v) is 5.30. The average Bonchev–Trinajstić information content (AvgIpc) is 3.44. The topological polar surface area (TPSA) is 95.3 Å². The highest BCUT2D eigenvalue weighted by Crippen LogP contribution is 2.39. The zero-order valence-electron chi connectivity index (χ0n) is 17.2. The lowest BCUT2D eigenvalue weighted by atomic mass is 9.88. The Bertz CT molecular complexity index is 1020. The van der Waals surface area contributed by atoms with E-state index in [2.05, 4.69) is 16.4 Å². The van der Waals surface area contributed by atoms with Gasteiger partial charge in [0.1, 0.15) is 11.1 Å². The summed E-state index contributed by atoms with van der Waals surface area (Å²) in [6.07, 6.45) is 10.7. The summed E-state index contributed by atoms with van der Waals surface area (Å²) in [6, 6.07) is 5.92. The number of pyridine rings is 1. The van der Waals surface area contributed by atoms with Gasteiger partial charge in [-0.1, -0.05) is 6.07 Å². The van der Waals surface area contributed by atoms with E-state index in [1.807, 2.05) is 6.07 Å². The number of ether oxygens (including phenoxy) is 1. The Balaban J connectivity index is 1.37. The van der Waals surface area contributed by atoms with Crippen LogP contribution in [0.5, 0.6) is 0 Å². The molecule has 0 spiro atoms. The summed E-state index contributed by atoms with van der Waals surface area (Å²) >= 11 is 1.45. The number of amides is 2. The molecule has 0 saturated carbocycles. The number of carbonyl (C=O) groups is 2. The summed E-state index contributed by atoms with van der Waals surface area (Å²) in [5.74, 6) is -0.0479. The average molecular weight is 437 g/mol. The van der Waals surface area contributed by atoms with Crippen molar-refractivity contribution < 1.29 is 14.3 Å². The van der Waals surface area contributed by atoms with E-state index in [-0.39, 0.29) is 17.9 Å². The molecule has 1 unspecified atom stereocenters. The van der Waals surface area contributed by atoms with Crippen molar-refractivity contribution in [1.82, 2.24) is 9.88 Å². The highest BCUT2D eigenvalue weighted by atomic mass is 32.1. The lowest BCUT2D eigenvalue weighted by molar-refractivity contribution is -0.111. The van der Waals surface area contributed by atoms with Gasteiger partial charge >= 0.3 is 6.09 Å². The van der Waals surface area contributed by atoms with Crippen LogP contribution in [0.2, 0.25) is 0 Å². The Kier molecular flexibility index (Phi) is 6.63. The van der Waals surface area contributed by atoms with E-state index >= 15 is 0 Å². The standard InChI is InChI=1S/C23H24N4O3S/c24-13-19-18-7-5-17(15-30-23(29)27-10-1-2-11-27)12-20(18)31-22(19)26-21(28)8-6-16-4-3-9-25-14-16/h3-4,6,8-9,14,17H,1-2,5,7,10-12,15H2,(H,26,28). The van der Waals surface area contributed by atoms with Gasteiger partial charge in [-0.2, -0.15) is 5.26 Å². The van der Waals surface area contributed by atoms with Gasteiger partial charge in [-0.3, -0.25) is 9.78 Å². The molecule has 1 fully saturated rings. The Labute approximate surface area is 185 Å². The molecule has 2 aliphatic rings. The largest absolute Gasteiger partial charge is 0.449 e. The van der Waals surface area contributed by atoms with Crippen molar-refractivity contribution in [2.24, 2.45) is 5.92 Å². The minimum absolute atomic E-state index is 0.222. The summed E-state index contributed by atoms with van der Waals surface area (Å²) in [7, 11) is 0. The SMILES string of the molecule is N#Cc1c(NC(=O)C=Cc2cccnc2)sc2c1CCC(COC(=O)N1CCCC1)C2. The summed E-state index contributed by atoms with van der Waals surface area (Å²) in [5, 5.41) is 13.1. The number of hydrogen-bond acceptors (Lipinski definition) is 6. The van der Waals surface area contributed by atoms with Gasteiger partial charge in [0.2, 0.25) is 5.91 Å². The van der Waals surface area contributed by atoms with Gasteiger partial charge in [0, 0.05) is 36.4 Å². The number of thiophene rings is 1. The van der Waals surface area contributed by atoms with Crippen LogP contribution in [0, 0.1) is 17.2 Å². The van der Waals surface area contributed by atoms with E-state index in [4.69, 9.17) is 4.74 Å². The zero-order chi connectivity index (χ0) is 21.6. The highest BCUT2D eigenvalue weighted by molar-refractivity contribution is 7.16. The molecule has 2 aromatic heterocycles. The molecule has 4 rings (SSSR count). The Hall–Kier alpha value is -3.18. The number of nitrogens with one attached hydrogen (secondary N) is 1. The van der Waals surface area contributed by atoms with Gasteiger partial charge in [0.25, 0.3) is 0 Å². The van der Waals surface area contributed by atoms with E-state index in [1.165, 1.54) is 17.4 Å². The lowest BCUT2D eigenvalue weighted by Crippen LogP contribution is -2.30. The normalized spacial score (nSPS) is 17.9. The summed E-state index contributed by atoms with van der Waals surface area (Å²) < 4.78 is 5.53. The van der Waals surface area contributed by atoms with E-state index < -0.39 is 0 Å². The second-order valence-electron chi connectivity index (χ2n) is 7.81. The number of nitriles is 1. The monoisotopic (exact) mass is 436 g/mol. The van der Waals surface area contributed by atoms with Crippen LogP contribution in [0.3, 0.4) is 0 Å². The summed E-state index contributed by atoms with van der Waals surface area (Å²) in [4.78, 5) is 31.4. The van der Waals surface area contributed by atoms with Gasteiger partial charge in [-0.25, -0.2) is 4.79 Å². The molecule has 0 radical (unpaired) electrons. The van der Waals surface area contributed by atoms with Crippen LogP contribution in [0.4, 0.5) is 9.80 Å². The van der Waals surface area contributed by atoms with Crippen molar-refractivity contribution in [2.45, 2.75) is 32.1 Å². The first kappa shape index (κ1) is 21.1. The van der Waals surface area contributed by atoms with E-state index in [9.17, 15) is 14.9 Å². The van der Waals surface area contributed by atoms with Crippen molar-refractivity contribution in [3.05, 3.63) is 52.2 Å². The number of fused-ring (bicyclic) bond motifs is 1. The molecule has 0 bridgehead atoms. The van der Waals surface area contributed by atoms with Crippen molar-refractivity contribution in [1.29, 1.82) is 5.26 Å². The molecule has 7 nitrogen and oxygen atoms in total. The van der Waals surface area contributed by atoms with E-state index in [1.54, 1.807) is 29.4 Å². The van der Waals surface area contributed by atoms with Crippen LogP contribution >= 0.6 is 11.3 Å². The quantitative estimate of drug-likeness (QED) is 0.715. The number of likely N-dealkylation sites (tertiary alicyclic amines) is 1. The molecular weight excluding hydrogens is 412 g/mol. The third kappa shape index (κ3) is 5.12. The first-order valence-corrected chi connectivity index (χ1v) is 11.3. The fourth-order valence-electron chi connectivity index (χ4n) is 3.98.